The zero-order chi connectivity index (χ0) is 20.0. The molecular weight excluding hydrogens is 346 g/mol. The summed E-state index contributed by atoms with van der Waals surface area (Å²) in [5, 5.41) is 0. The lowest BCUT2D eigenvalue weighted by Crippen LogP contribution is -2.46. The smallest absolute Gasteiger partial charge is 0.410 e. The van der Waals surface area contributed by atoms with Crippen LogP contribution in [0.15, 0.2) is 24.3 Å². The van der Waals surface area contributed by atoms with E-state index in [1.807, 2.05) is 32.9 Å². The van der Waals surface area contributed by atoms with Gasteiger partial charge in [0.1, 0.15) is 11.9 Å². The predicted molar refractivity (Wildman–Crippen MR) is 102 cm³/mol. The lowest BCUT2D eigenvalue weighted by atomic mass is 9.83. The molecule has 1 aliphatic rings. The number of aldehydes is 1. The fourth-order valence-corrected chi connectivity index (χ4v) is 3.37. The minimum absolute atomic E-state index is 0.000987. The standard InChI is InChI=1S/C21H29NO5/c1-5-26-19(24)11-16-10-18(17-8-6-15(14-23)7-9-17)13-22(12-16)20(25)27-21(2,3)4/h6-9,14,16,18H,5,10-13H2,1-4H3. The molecule has 1 aliphatic heterocycles. The fourth-order valence-electron chi connectivity index (χ4n) is 3.37. The highest BCUT2D eigenvalue weighted by Gasteiger charge is 2.34. The fraction of sp³-hybridized carbons (Fsp3) is 0.571. The molecule has 1 amide bonds. The van der Waals surface area contributed by atoms with E-state index >= 15 is 0 Å². The number of carbonyl (C=O) groups excluding carboxylic acids is 3. The summed E-state index contributed by atoms with van der Waals surface area (Å²) in [7, 11) is 0. The van der Waals surface area contributed by atoms with E-state index in [1.54, 1.807) is 24.0 Å². The van der Waals surface area contributed by atoms with Gasteiger partial charge in [0.2, 0.25) is 0 Å². The lowest BCUT2D eigenvalue weighted by molar-refractivity contribution is -0.144. The first-order valence-corrected chi connectivity index (χ1v) is 9.40. The van der Waals surface area contributed by atoms with Crippen LogP contribution in [0.2, 0.25) is 0 Å². The van der Waals surface area contributed by atoms with Crippen molar-refractivity contribution < 1.29 is 23.9 Å². The molecule has 148 valence electrons. The zero-order valence-corrected chi connectivity index (χ0v) is 16.6. The maximum Gasteiger partial charge on any atom is 0.410 e. The Morgan fingerprint density at radius 1 is 1.19 bits per heavy atom. The average molecular weight is 375 g/mol. The summed E-state index contributed by atoms with van der Waals surface area (Å²) in [6.07, 6.45) is 1.49. The van der Waals surface area contributed by atoms with Crippen LogP contribution in [0, 0.1) is 5.92 Å². The minimum Gasteiger partial charge on any atom is -0.466 e. The highest BCUT2D eigenvalue weighted by Crippen LogP contribution is 2.33. The molecule has 0 N–H and O–H groups in total. The second-order valence-corrected chi connectivity index (χ2v) is 7.98. The summed E-state index contributed by atoms with van der Waals surface area (Å²) >= 11 is 0. The molecule has 2 rings (SSSR count). The molecule has 1 heterocycles. The van der Waals surface area contributed by atoms with Gasteiger partial charge in [-0.05, 0) is 45.6 Å². The average Bonchev–Trinajstić information content (AvgIpc) is 2.60. The summed E-state index contributed by atoms with van der Waals surface area (Å²) in [6.45, 7) is 8.62. The van der Waals surface area contributed by atoms with Crippen molar-refractivity contribution in [3.63, 3.8) is 0 Å². The van der Waals surface area contributed by atoms with Crippen molar-refractivity contribution in [2.24, 2.45) is 5.92 Å². The molecule has 1 fully saturated rings. The first kappa shape index (κ1) is 20.9. The van der Waals surface area contributed by atoms with Crippen LogP contribution in [-0.2, 0) is 14.3 Å². The van der Waals surface area contributed by atoms with E-state index < -0.39 is 5.60 Å². The molecule has 2 atom stereocenters. The van der Waals surface area contributed by atoms with Crippen molar-refractivity contribution in [1.29, 1.82) is 0 Å². The number of hydrogen-bond donors (Lipinski definition) is 0. The van der Waals surface area contributed by atoms with Crippen molar-refractivity contribution in [3.05, 3.63) is 35.4 Å². The number of amides is 1. The van der Waals surface area contributed by atoms with Crippen molar-refractivity contribution in [2.45, 2.75) is 52.1 Å². The first-order valence-electron chi connectivity index (χ1n) is 9.40. The third kappa shape index (κ3) is 6.38. The van der Waals surface area contributed by atoms with Crippen molar-refractivity contribution in [1.82, 2.24) is 4.90 Å². The van der Waals surface area contributed by atoms with Crippen LogP contribution in [0.4, 0.5) is 4.79 Å². The van der Waals surface area contributed by atoms with Gasteiger partial charge in [-0.3, -0.25) is 9.59 Å². The van der Waals surface area contributed by atoms with Gasteiger partial charge in [-0.1, -0.05) is 24.3 Å². The third-order valence-electron chi connectivity index (χ3n) is 4.49. The summed E-state index contributed by atoms with van der Waals surface area (Å²) in [5.41, 5.74) is 1.08. The van der Waals surface area contributed by atoms with E-state index in [-0.39, 0.29) is 30.3 Å². The number of likely N-dealkylation sites (tertiary alicyclic amines) is 1. The summed E-state index contributed by atoms with van der Waals surface area (Å²) in [6, 6.07) is 7.37. The molecule has 0 spiro atoms. The van der Waals surface area contributed by atoms with Gasteiger partial charge in [0.25, 0.3) is 0 Å². The zero-order valence-electron chi connectivity index (χ0n) is 16.6. The Morgan fingerprint density at radius 3 is 2.41 bits per heavy atom. The molecule has 6 nitrogen and oxygen atoms in total. The molecule has 0 aromatic heterocycles. The maximum absolute atomic E-state index is 12.6. The van der Waals surface area contributed by atoms with Crippen LogP contribution < -0.4 is 0 Å². The molecular formula is C21H29NO5. The van der Waals surface area contributed by atoms with E-state index in [0.717, 1.165) is 18.3 Å². The normalized spacial score (nSPS) is 20.1. The van der Waals surface area contributed by atoms with Gasteiger partial charge in [0, 0.05) is 24.6 Å². The lowest BCUT2D eigenvalue weighted by Gasteiger charge is -2.38. The minimum atomic E-state index is -0.577. The Balaban J connectivity index is 2.17. The van der Waals surface area contributed by atoms with Crippen LogP contribution in [0.5, 0.6) is 0 Å². The molecule has 27 heavy (non-hydrogen) atoms. The topological polar surface area (TPSA) is 72.9 Å². The second kappa shape index (κ2) is 9.02. The van der Waals surface area contributed by atoms with Crippen LogP contribution >= 0.6 is 0 Å². The van der Waals surface area contributed by atoms with E-state index in [2.05, 4.69) is 0 Å². The van der Waals surface area contributed by atoms with Gasteiger partial charge in [-0.25, -0.2) is 4.79 Å². The number of nitrogens with zero attached hydrogens (tertiary/aromatic N) is 1. The number of rotatable bonds is 5. The number of piperidine rings is 1. The van der Waals surface area contributed by atoms with E-state index in [0.29, 0.717) is 25.3 Å². The number of benzene rings is 1. The molecule has 0 radical (unpaired) electrons. The number of carbonyl (C=O) groups is 3. The number of esters is 1. The molecule has 2 unspecified atom stereocenters. The Kier molecular flexibility index (Phi) is 6.99. The monoisotopic (exact) mass is 375 g/mol. The van der Waals surface area contributed by atoms with Crippen LogP contribution in [0.1, 0.15) is 62.4 Å². The third-order valence-corrected chi connectivity index (χ3v) is 4.49. The SMILES string of the molecule is CCOC(=O)CC1CC(c2ccc(C=O)cc2)CN(C(=O)OC(C)(C)C)C1. The van der Waals surface area contributed by atoms with Gasteiger partial charge in [-0.2, -0.15) is 0 Å². The second-order valence-electron chi connectivity index (χ2n) is 7.98. The number of ether oxygens (including phenoxy) is 2. The summed E-state index contributed by atoms with van der Waals surface area (Å²) in [4.78, 5) is 37.1. The van der Waals surface area contributed by atoms with Crippen molar-refractivity contribution in [2.75, 3.05) is 19.7 Å². The van der Waals surface area contributed by atoms with Crippen LogP contribution in [0.25, 0.3) is 0 Å². The molecule has 0 aliphatic carbocycles. The molecule has 1 aromatic carbocycles. The first-order chi connectivity index (χ1) is 12.7. The van der Waals surface area contributed by atoms with Crippen LogP contribution in [0.3, 0.4) is 0 Å². The van der Waals surface area contributed by atoms with E-state index in [1.165, 1.54) is 0 Å². The summed E-state index contributed by atoms with van der Waals surface area (Å²) < 4.78 is 10.6. The predicted octanol–water partition coefficient (Wildman–Crippen LogP) is 3.79. The van der Waals surface area contributed by atoms with Gasteiger partial charge >= 0.3 is 12.1 Å². The van der Waals surface area contributed by atoms with Crippen molar-refractivity contribution in [3.8, 4) is 0 Å². The van der Waals surface area contributed by atoms with E-state index in [9.17, 15) is 14.4 Å². The molecule has 0 saturated carbocycles. The number of hydrogen-bond acceptors (Lipinski definition) is 5. The Labute approximate surface area is 160 Å². The maximum atomic E-state index is 12.6. The quantitative estimate of drug-likeness (QED) is 0.578. The Hall–Kier alpha value is -2.37. The molecule has 1 aromatic rings. The van der Waals surface area contributed by atoms with Crippen LogP contribution in [-0.4, -0.2) is 48.5 Å². The van der Waals surface area contributed by atoms with Gasteiger partial charge in [0.15, 0.2) is 0 Å². The Morgan fingerprint density at radius 2 is 1.85 bits per heavy atom. The highest BCUT2D eigenvalue weighted by atomic mass is 16.6. The van der Waals surface area contributed by atoms with Gasteiger partial charge in [-0.15, -0.1) is 0 Å². The highest BCUT2D eigenvalue weighted by molar-refractivity contribution is 5.74. The largest absolute Gasteiger partial charge is 0.466 e. The summed E-state index contributed by atoms with van der Waals surface area (Å²) in [5.74, 6) is -0.170. The van der Waals surface area contributed by atoms with Gasteiger partial charge in [0.05, 0.1) is 13.0 Å². The van der Waals surface area contributed by atoms with Gasteiger partial charge < -0.3 is 14.4 Å². The van der Waals surface area contributed by atoms with Crippen molar-refractivity contribution >= 4 is 18.3 Å². The molecule has 6 heteroatoms. The Bertz CT molecular complexity index is 662. The molecule has 1 saturated heterocycles. The van der Waals surface area contributed by atoms with E-state index in [4.69, 9.17) is 9.47 Å². The molecule has 0 bridgehead atoms.